The van der Waals surface area contributed by atoms with E-state index in [2.05, 4.69) is 0 Å². The molecular weight excluding hydrogens is 226 g/mol. The van der Waals surface area contributed by atoms with Gasteiger partial charge in [-0.3, -0.25) is 9.97 Å². The fourth-order valence-corrected chi connectivity index (χ4v) is 1.41. The first-order valence-corrected chi connectivity index (χ1v) is 4.72. The lowest BCUT2D eigenvalue weighted by molar-refractivity contribution is 0.414. The highest BCUT2D eigenvalue weighted by molar-refractivity contribution is 5.38. The lowest BCUT2D eigenvalue weighted by Crippen LogP contribution is -2.42. The minimum absolute atomic E-state index is 0.312. The van der Waals surface area contributed by atoms with E-state index in [4.69, 9.17) is 4.74 Å². The van der Waals surface area contributed by atoms with Crippen molar-refractivity contribution in [3.8, 4) is 11.4 Å². The molecule has 0 atom stereocenters. The van der Waals surface area contributed by atoms with E-state index >= 15 is 0 Å². The topological polar surface area (TPSA) is 96.9 Å². The van der Waals surface area contributed by atoms with Crippen molar-refractivity contribution in [2.45, 2.75) is 0 Å². The molecule has 17 heavy (non-hydrogen) atoms. The van der Waals surface area contributed by atoms with E-state index in [0.29, 0.717) is 11.4 Å². The van der Waals surface area contributed by atoms with Crippen molar-refractivity contribution in [1.29, 1.82) is 0 Å². The Morgan fingerprint density at radius 3 is 2.35 bits per heavy atom. The number of aromatic amines is 2. The summed E-state index contributed by atoms with van der Waals surface area (Å²) in [5.74, 6) is 0.500. The molecule has 7 heteroatoms. The van der Waals surface area contributed by atoms with E-state index in [1.165, 1.54) is 13.2 Å². The third-order valence-corrected chi connectivity index (χ3v) is 2.16. The Bertz CT molecular complexity index is 676. The van der Waals surface area contributed by atoms with Gasteiger partial charge < -0.3 is 4.74 Å². The van der Waals surface area contributed by atoms with Crippen LogP contribution in [0.25, 0.3) is 5.69 Å². The molecule has 0 aliphatic carbocycles. The van der Waals surface area contributed by atoms with Gasteiger partial charge in [0.2, 0.25) is 0 Å². The van der Waals surface area contributed by atoms with Crippen LogP contribution in [0.5, 0.6) is 5.75 Å². The number of ether oxygens (including phenoxy) is 1. The molecule has 0 aliphatic heterocycles. The van der Waals surface area contributed by atoms with E-state index in [-0.39, 0.29) is 0 Å². The van der Waals surface area contributed by atoms with Crippen molar-refractivity contribution >= 4 is 0 Å². The zero-order valence-corrected chi connectivity index (χ0v) is 8.89. The highest BCUT2D eigenvalue weighted by Crippen LogP contribution is 2.13. The number of benzene rings is 1. The van der Waals surface area contributed by atoms with E-state index in [0.717, 1.165) is 4.57 Å². The second-order valence-corrected chi connectivity index (χ2v) is 3.23. The Labute approximate surface area is 94.3 Å². The van der Waals surface area contributed by atoms with Gasteiger partial charge >= 0.3 is 17.1 Å². The fourth-order valence-electron chi connectivity index (χ4n) is 1.41. The molecule has 2 aromatic rings. The SMILES string of the molecule is COc1cccc(-n2c(=O)[nH]c(=O)[nH]c2=O)c1. The molecule has 2 N–H and O–H groups in total. The van der Waals surface area contributed by atoms with Crippen LogP contribution in [0, 0.1) is 0 Å². The fraction of sp³-hybridized carbons (Fsp3) is 0.100. The number of rotatable bonds is 2. The Hall–Kier alpha value is -2.57. The highest BCUT2D eigenvalue weighted by atomic mass is 16.5. The summed E-state index contributed by atoms with van der Waals surface area (Å²) in [6.45, 7) is 0. The minimum Gasteiger partial charge on any atom is -0.497 e. The molecule has 1 heterocycles. The van der Waals surface area contributed by atoms with Crippen LogP contribution in [0.2, 0.25) is 0 Å². The molecule has 0 saturated carbocycles. The summed E-state index contributed by atoms with van der Waals surface area (Å²) in [6, 6.07) is 6.37. The first-order valence-electron chi connectivity index (χ1n) is 4.72. The lowest BCUT2D eigenvalue weighted by Gasteiger charge is -2.05. The van der Waals surface area contributed by atoms with Gasteiger partial charge in [-0.25, -0.2) is 19.0 Å². The third-order valence-electron chi connectivity index (χ3n) is 2.16. The van der Waals surface area contributed by atoms with E-state index in [1.807, 2.05) is 9.97 Å². The van der Waals surface area contributed by atoms with Gasteiger partial charge in [-0.1, -0.05) is 6.07 Å². The molecule has 0 aliphatic rings. The van der Waals surface area contributed by atoms with Crippen molar-refractivity contribution < 1.29 is 4.74 Å². The maximum Gasteiger partial charge on any atom is 0.338 e. The van der Waals surface area contributed by atoms with Crippen LogP contribution in [-0.4, -0.2) is 21.6 Å². The first kappa shape index (κ1) is 10.9. The molecule has 0 fully saturated rings. The maximum absolute atomic E-state index is 11.5. The Morgan fingerprint density at radius 1 is 1.12 bits per heavy atom. The number of nitrogens with zero attached hydrogens (tertiary/aromatic N) is 1. The van der Waals surface area contributed by atoms with E-state index in [1.54, 1.807) is 18.2 Å². The molecule has 0 bridgehead atoms. The molecule has 0 amide bonds. The molecule has 7 nitrogen and oxygen atoms in total. The van der Waals surface area contributed by atoms with Crippen LogP contribution in [0.15, 0.2) is 38.6 Å². The molecule has 0 unspecified atom stereocenters. The van der Waals surface area contributed by atoms with Crippen molar-refractivity contribution in [3.63, 3.8) is 0 Å². The number of hydrogen-bond donors (Lipinski definition) is 2. The van der Waals surface area contributed by atoms with E-state index in [9.17, 15) is 14.4 Å². The second kappa shape index (κ2) is 4.12. The number of methoxy groups -OCH3 is 1. The molecule has 1 aromatic carbocycles. The molecular formula is C10H9N3O4. The zero-order chi connectivity index (χ0) is 12.4. The molecule has 88 valence electrons. The summed E-state index contributed by atoms with van der Waals surface area (Å²) >= 11 is 0. The van der Waals surface area contributed by atoms with Gasteiger partial charge in [0.05, 0.1) is 12.8 Å². The van der Waals surface area contributed by atoms with Gasteiger partial charge in [-0.2, -0.15) is 0 Å². The largest absolute Gasteiger partial charge is 0.497 e. The van der Waals surface area contributed by atoms with Crippen LogP contribution < -0.4 is 21.8 Å². The van der Waals surface area contributed by atoms with E-state index < -0.39 is 17.1 Å². The molecule has 0 saturated heterocycles. The van der Waals surface area contributed by atoms with Crippen LogP contribution >= 0.6 is 0 Å². The molecule has 2 rings (SSSR count). The quantitative estimate of drug-likeness (QED) is 0.713. The number of H-pyrrole nitrogens is 2. The Morgan fingerprint density at radius 2 is 1.76 bits per heavy atom. The summed E-state index contributed by atoms with van der Waals surface area (Å²) in [6.07, 6.45) is 0. The predicted molar refractivity (Wildman–Crippen MR) is 59.8 cm³/mol. The Kier molecular flexibility index (Phi) is 2.65. The predicted octanol–water partition coefficient (Wildman–Crippen LogP) is -0.777. The van der Waals surface area contributed by atoms with Crippen LogP contribution in [0.1, 0.15) is 0 Å². The standard InChI is InChI=1S/C10H9N3O4/c1-17-7-4-2-3-6(5-7)13-9(15)11-8(14)12-10(13)16/h2-5H,1H3,(H2,11,12,14,15,16). The summed E-state index contributed by atoms with van der Waals surface area (Å²) in [7, 11) is 1.47. The Balaban J connectivity index is 2.73. The van der Waals surface area contributed by atoms with Gasteiger partial charge in [0.25, 0.3) is 0 Å². The third kappa shape index (κ3) is 2.03. The summed E-state index contributed by atoms with van der Waals surface area (Å²) in [5.41, 5.74) is -2.12. The molecule has 0 radical (unpaired) electrons. The van der Waals surface area contributed by atoms with Crippen molar-refractivity contribution in [2.75, 3.05) is 7.11 Å². The number of hydrogen-bond acceptors (Lipinski definition) is 4. The average molecular weight is 235 g/mol. The van der Waals surface area contributed by atoms with Crippen molar-refractivity contribution in [1.82, 2.24) is 14.5 Å². The van der Waals surface area contributed by atoms with Crippen LogP contribution in [0.3, 0.4) is 0 Å². The van der Waals surface area contributed by atoms with Crippen molar-refractivity contribution in [2.24, 2.45) is 0 Å². The highest BCUT2D eigenvalue weighted by Gasteiger charge is 2.06. The smallest absolute Gasteiger partial charge is 0.338 e. The first-order chi connectivity index (χ1) is 8.11. The monoisotopic (exact) mass is 235 g/mol. The second-order valence-electron chi connectivity index (χ2n) is 3.23. The van der Waals surface area contributed by atoms with Crippen LogP contribution in [0.4, 0.5) is 0 Å². The number of nitrogens with one attached hydrogen (secondary N) is 2. The molecule has 1 aromatic heterocycles. The molecule has 0 spiro atoms. The zero-order valence-electron chi connectivity index (χ0n) is 8.89. The van der Waals surface area contributed by atoms with Gasteiger partial charge in [-0.15, -0.1) is 0 Å². The van der Waals surface area contributed by atoms with Crippen LogP contribution in [-0.2, 0) is 0 Å². The van der Waals surface area contributed by atoms with Gasteiger partial charge in [0.1, 0.15) is 5.75 Å². The average Bonchev–Trinajstić information content (AvgIpc) is 2.28. The normalized spacial score (nSPS) is 10.2. The number of aromatic nitrogens is 3. The van der Waals surface area contributed by atoms with Gasteiger partial charge in [-0.05, 0) is 12.1 Å². The van der Waals surface area contributed by atoms with Gasteiger partial charge in [0.15, 0.2) is 0 Å². The maximum atomic E-state index is 11.5. The summed E-state index contributed by atoms with van der Waals surface area (Å²) in [4.78, 5) is 37.8. The summed E-state index contributed by atoms with van der Waals surface area (Å²) < 4.78 is 5.79. The minimum atomic E-state index is -0.834. The van der Waals surface area contributed by atoms with Crippen molar-refractivity contribution in [3.05, 3.63) is 55.7 Å². The lowest BCUT2D eigenvalue weighted by atomic mass is 10.3. The summed E-state index contributed by atoms with van der Waals surface area (Å²) in [5, 5.41) is 0. The van der Waals surface area contributed by atoms with Gasteiger partial charge in [0, 0.05) is 6.07 Å².